The Kier molecular flexibility index (Phi) is 9.67. The molecule has 2 aromatic carbocycles. The molecule has 3 aromatic rings. The summed E-state index contributed by atoms with van der Waals surface area (Å²) in [6.07, 6.45) is 2.23. The average Bonchev–Trinajstić information content (AvgIpc) is 2.82. The van der Waals surface area contributed by atoms with Crippen molar-refractivity contribution in [3.8, 4) is 11.5 Å². The molecule has 0 saturated carbocycles. The number of aromatic nitrogens is 2. The fraction of sp³-hybridized carbons (Fsp3) is 0.360. The number of rotatable bonds is 10. The first-order valence-electron chi connectivity index (χ1n) is 11.3. The number of esters is 1. The lowest BCUT2D eigenvalue weighted by Crippen LogP contribution is -2.26. The van der Waals surface area contributed by atoms with Gasteiger partial charge in [-0.25, -0.2) is 9.78 Å². The second kappa shape index (κ2) is 12.5. The van der Waals surface area contributed by atoms with Gasteiger partial charge in [-0.05, 0) is 85.7 Å². The van der Waals surface area contributed by atoms with Gasteiger partial charge in [0.25, 0.3) is 5.56 Å². The highest BCUT2D eigenvalue weighted by molar-refractivity contribution is 14.1. The first-order chi connectivity index (χ1) is 16.8. The van der Waals surface area contributed by atoms with E-state index in [1.807, 2.05) is 32.0 Å². The van der Waals surface area contributed by atoms with Gasteiger partial charge in [0, 0.05) is 10.9 Å². The zero-order valence-electron chi connectivity index (χ0n) is 20.0. The number of fused-ring (bicyclic) bond motifs is 1. The van der Waals surface area contributed by atoms with Crippen molar-refractivity contribution in [2.24, 2.45) is 5.10 Å². The molecule has 0 fully saturated rings. The molecule has 0 aliphatic rings. The Balaban J connectivity index is 2.02. The Bertz CT molecular complexity index is 1310. The van der Waals surface area contributed by atoms with Crippen LogP contribution in [0.5, 0.6) is 11.5 Å². The van der Waals surface area contributed by atoms with Crippen molar-refractivity contribution in [1.82, 2.24) is 9.66 Å². The van der Waals surface area contributed by atoms with Gasteiger partial charge in [-0.3, -0.25) is 4.79 Å². The van der Waals surface area contributed by atoms with Crippen LogP contribution in [-0.2, 0) is 16.0 Å². The van der Waals surface area contributed by atoms with Crippen LogP contribution in [0.15, 0.2) is 44.7 Å². The van der Waals surface area contributed by atoms with Crippen LogP contribution < -0.4 is 15.0 Å². The molecule has 35 heavy (non-hydrogen) atoms. The number of halogens is 2. The third-order valence-corrected chi connectivity index (χ3v) is 6.21. The molecule has 0 amide bonds. The maximum Gasteiger partial charge on any atom is 0.347 e. The van der Waals surface area contributed by atoms with Crippen molar-refractivity contribution in [2.45, 2.75) is 46.6 Å². The lowest BCUT2D eigenvalue weighted by atomic mass is 10.2. The topological polar surface area (TPSA) is 92.0 Å². The molecule has 0 aliphatic carbocycles. The van der Waals surface area contributed by atoms with Crippen molar-refractivity contribution in [1.29, 1.82) is 0 Å². The summed E-state index contributed by atoms with van der Waals surface area (Å²) >= 11 is 5.54. The van der Waals surface area contributed by atoms with Gasteiger partial charge < -0.3 is 14.2 Å². The van der Waals surface area contributed by atoms with E-state index in [4.69, 9.17) is 14.2 Å². The normalized spacial score (nSPS) is 12.2. The third-order valence-electron chi connectivity index (χ3n) is 4.92. The fourth-order valence-electron chi connectivity index (χ4n) is 3.35. The van der Waals surface area contributed by atoms with Crippen molar-refractivity contribution in [3.63, 3.8) is 0 Å². The van der Waals surface area contributed by atoms with Gasteiger partial charge in [0.1, 0.15) is 5.82 Å². The maximum absolute atomic E-state index is 13.2. The van der Waals surface area contributed by atoms with E-state index in [0.29, 0.717) is 46.8 Å². The Morgan fingerprint density at radius 1 is 1.23 bits per heavy atom. The van der Waals surface area contributed by atoms with Crippen LogP contribution in [0.1, 0.15) is 45.5 Å². The minimum Gasteiger partial charge on any atom is -0.490 e. The van der Waals surface area contributed by atoms with E-state index in [0.717, 1.165) is 14.5 Å². The molecule has 0 N–H and O–H groups in total. The molecule has 1 heterocycles. The molecule has 3 rings (SSSR count). The zero-order chi connectivity index (χ0) is 25.5. The predicted octanol–water partition coefficient (Wildman–Crippen LogP) is 5.33. The first kappa shape index (κ1) is 27.1. The van der Waals surface area contributed by atoms with E-state index in [1.54, 1.807) is 32.2 Å². The molecule has 0 spiro atoms. The molecule has 0 bridgehead atoms. The molecule has 8 nitrogen and oxygen atoms in total. The second-order valence-corrected chi connectivity index (χ2v) is 9.65. The van der Waals surface area contributed by atoms with Gasteiger partial charge >= 0.3 is 5.97 Å². The molecule has 0 saturated heterocycles. The molecule has 10 heteroatoms. The molecule has 186 valence electrons. The monoisotopic (exact) mass is 655 g/mol. The summed E-state index contributed by atoms with van der Waals surface area (Å²) in [5.41, 5.74) is 1.11. The summed E-state index contributed by atoms with van der Waals surface area (Å²) in [6.45, 7) is 7.95. The van der Waals surface area contributed by atoms with Gasteiger partial charge in [-0.15, -0.1) is 0 Å². The predicted molar refractivity (Wildman–Crippen MR) is 148 cm³/mol. The van der Waals surface area contributed by atoms with Gasteiger partial charge in [-0.1, -0.05) is 22.9 Å². The number of ether oxygens (including phenoxy) is 3. The van der Waals surface area contributed by atoms with E-state index in [1.165, 1.54) is 4.68 Å². The Labute approximate surface area is 225 Å². The smallest absolute Gasteiger partial charge is 0.347 e. The number of carbonyl (C=O) groups excluding carboxylic acids is 1. The van der Waals surface area contributed by atoms with Crippen LogP contribution in [0.3, 0.4) is 0 Å². The van der Waals surface area contributed by atoms with E-state index in [-0.39, 0.29) is 12.2 Å². The summed E-state index contributed by atoms with van der Waals surface area (Å²) in [6, 6.07) is 9.04. The third kappa shape index (κ3) is 6.60. The fourth-order valence-corrected chi connectivity index (χ4v) is 4.46. The molecule has 0 aliphatic heterocycles. The van der Waals surface area contributed by atoms with Crippen LogP contribution in [0, 0.1) is 3.57 Å². The van der Waals surface area contributed by atoms with Crippen molar-refractivity contribution in [2.75, 3.05) is 13.2 Å². The molecular weight excluding hydrogens is 629 g/mol. The minimum atomic E-state index is -0.791. The lowest BCUT2D eigenvalue weighted by Gasteiger charge is -2.18. The van der Waals surface area contributed by atoms with Gasteiger partial charge in [0.15, 0.2) is 17.6 Å². The molecule has 1 aromatic heterocycles. The van der Waals surface area contributed by atoms with Crippen LogP contribution in [0.25, 0.3) is 10.9 Å². The Morgan fingerprint density at radius 3 is 2.69 bits per heavy atom. The molecular formula is C25H27BrIN3O5. The highest BCUT2D eigenvalue weighted by atomic mass is 127. The Hall–Kier alpha value is -2.47. The SMILES string of the molecule is CCCc1nc2ccc(Br)cc2c(=O)n1N=Cc1cc(I)c(O[C@@H](C)C(=O)OCC)c(OCC)c1. The summed E-state index contributed by atoms with van der Waals surface area (Å²) in [5.74, 6) is 1.06. The maximum atomic E-state index is 13.2. The summed E-state index contributed by atoms with van der Waals surface area (Å²) in [5, 5.41) is 4.97. The first-order valence-corrected chi connectivity index (χ1v) is 13.2. The lowest BCUT2D eigenvalue weighted by molar-refractivity contribution is -0.150. The minimum absolute atomic E-state index is 0.237. The van der Waals surface area contributed by atoms with E-state index < -0.39 is 12.1 Å². The largest absolute Gasteiger partial charge is 0.490 e. The number of hydrogen-bond donors (Lipinski definition) is 0. The highest BCUT2D eigenvalue weighted by Crippen LogP contribution is 2.35. The number of benzene rings is 2. The van der Waals surface area contributed by atoms with E-state index in [2.05, 4.69) is 48.6 Å². The number of aryl methyl sites for hydroxylation is 1. The zero-order valence-corrected chi connectivity index (χ0v) is 23.8. The van der Waals surface area contributed by atoms with Crippen molar-refractivity contribution in [3.05, 3.63) is 60.1 Å². The van der Waals surface area contributed by atoms with Crippen LogP contribution in [0.4, 0.5) is 0 Å². The molecule has 0 unspecified atom stereocenters. The van der Waals surface area contributed by atoms with Gasteiger partial charge in [0.05, 0.1) is 33.9 Å². The molecule has 1 atom stereocenters. The van der Waals surface area contributed by atoms with Crippen molar-refractivity contribution < 1.29 is 19.0 Å². The second-order valence-electron chi connectivity index (χ2n) is 7.58. The summed E-state index contributed by atoms with van der Waals surface area (Å²) in [4.78, 5) is 29.9. The molecule has 0 radical (unpaired) electrons. The summed E-state index contributed by atoms with van der Waals surface area (Å²) in [7, 11) is 0. The number of nitrogens with zero attached hydrogens (tertiary/aromatic N) is 3. The standard InChI is InChI=1S/C25H27BrIN3O5/c1-5-8-22-29-20-10-9-17(26)13-18(20)24(31)30(22)28-14-16-11-19(27)23(21(12-16)33-6-2)35-15(4)25(32)34-7-3/h9-15H,5-8H2,1-4H3/t15-/m0/s1. The van der Waals surface area contributed by atoms with Gasteiger partial charge in [-0.2, -0.15) is 9.78 Å². The summed E-state index contributed by atoms with van der Waals surface area (Å²) < 4.78 is 19.6. The Morgan fingerprint density at radius 2 is 2.00 bits per heavy atom. The van der Waals surface area contributed by atoms with Crippen molar-refractivity contribution >= 4 is 61.6 Å². The number of hydrogen-bond acceptors (Lipinski definition) is 7. The van der Waals surface area contributed by atoms with Crippen LogP contribution in [-0.4, -0.2) is 41.2 Å². The van der Waals surface area contributed by atoms with Crippen LogP contribution in [0.2, 0.25) is 0 Å². The van der Waals surface area contributed by atoms with E-state index >= 15 is 0 Å². The highest BCUT2D eigenvalue weighted by Gasteiger charge is 2.21. The average molecular weight is 656 g/mol. The van der Waals surface area contributed by atoms with Crippen LogP contribution >= 0.6 is 38.5 Å². The van der Waals surface area contributed by atoms with Gasteiger partial charge in [0.2, 0.25) is 0 Å². The van der Waals surface area contributed by atoms with E-state index in [9.17, 15) is 9.59 Å². The quantitative estimate of drug-likeness (QED) is 0.167. The number of carbonyl (C=O) groups is 1.